The molecule has 0 N–H and O–H groups in total. The summed E-state index contributed by atoms with van der Waals surface area (Å²) in [5, 5.41) is 0. The second kappa shape index (κ2) is 5.58. The van der Waals surface area contributed by atoms with Gasteiger partial charge in [0.25, 0.3) is 0 Å². The van der Waals surface area contributed by atoms with Crippen molar-refractivity contribution in [2.45, 2.75) is 27.3 Å². The molecule has 0 amide bonds. The van der Waals surface area contributed by atoms with E-state index in [4.69, 9.17) is 0 Å². The van der Waals surface area contributed by atoms with E-state index in [1.165, 1.54) is 12.1 Å². The van der Waals surface area contributed by atoms with Crippen molar-refractivity contribution in [3.63, 3.8) is 0 Å². The van der Waals surface area contributed by atoms with Crippen LogP contribution in [0.15, 0.2) is 41.2 Å². The third kappa shape index (κ3) is 2.86. The van der Waals surface area contributed by atoms with Crippen LogP contribution in [0.25, 0.3) is 22.2 Å². The molecule has 126 valence electrons. The molecule has 2 aromatic carbocycles. The largest absolute Gasteiger partial charge is 0.328 e. The third-order valence-corrected chi connectivity index (χ3v) is 4.02. The van der Waals surface area contributed by atoms with Crippen molar-refractivity contribution in [2.75, 3.05) is 0 Å². The molecule has 0 spiro atoms. The smallest absolute Gasteiger partial charge is 0.295 e. The Hall–Kier alpha value is -2.43. The Kier molecular flexibility index (Phi) is 3.82. The summed E-state index contributed by atoms with van der Waals surface area (Å²) in [6.07, 6.45) is 0. The predicted octanol–water partition coefficient (Wildman–Crippen LogP) is 4.33. The maximum Gasteiger partial charge on any atom is 0.328 e. The molecule has 0 fully saturated rings. The molecule has 24 heavy (non-hydrogen) atoms. The number of imidazole rings is 1. The molecule has 3 nitrogen and oxygen atoms in total. The second-order valence-corrected chi connectivity index (χ2v) is 7.32. The number of aryl methyl sites for hydroxylation is 1. The first-order valence-electron chi connectivity index (χ1n) is 7.82. The van der Waals surface area contributed by atoms with Gasteiger partial charge in [0.15, 0.2) is 0 Å². The van der Waals surface area contributed by atoms with Gasteiger partial charge in [-0.05, 0) is 35.2 Å². The van der Waals surface area contributed by atoms with Gasteiger partial charge in [-0.15, -0.1) is 0 Å². The van der Waals surface area contributed by atoms with Crippen LogP contribution >= 0.6 is 0 Å². The lowest BCUT2D eigenvalue weighted by Gasteiger charge is -2.18. The molecular weight excluding hydrogens is 310 g/mol. The Labute approximate surface area is 139 Å². The molecule has 0 aliphatic rings. The number of nitrogens with zero attached hydrogens (tertiary/aromatic N) is 2. The summed E-state index contributed by atoms with van der Waals surface area (Å²) >= 11 is 0. The second-order valence-electron chi connectivity index (χ2n) is 7.32. The van der Waals surface area contributed by atoms with E-state index in [1.54, 1.807) is 28.3 Å². The fraction of sp³-hybridized carbons (Fsp3) is 0.316. The van der Waals surface area contributed by atoms with Crippen LogP contribution in [0.3, 0.4) is 0 Å². The van der Waals surface area contributed by atoms with Crippen LogP contribution in [-0.4, -0.2) is 9.13 Å². The lowest BCUT2D eigenvalue weighted by molar-refractivity contribution is 0.342. The summed E-state index contributed by atoms with van der Waals surface area (Å²) in [5.41, 5.74) is 2.32. The lowest BCUT2D eigenvalue weighted by Crippen LogP contribution is -2.27. The van der Waals surface area contributed by atoms with Crippen LogP contribution < -0.4 is 5.69 Å². The fourth-order valence-electron chi connectivity index (χ4n) is 2.93. The summed E-state index contributed by atoms with van der Waals surface area (Å²) in [5.74, 6) is -1.23. The summed E-state index contributed by atoms with van der Waals surface area (Å²) in [6.45, 7) is 6.80. The van der Waals surface area contributed by atoms with Crippen molar-refractivity contribution in [3.05, 3.63) is 58.5 Å². The van der Waals surface area contributed by atoms with Crippen LogP contribution in [0.4, 0.5) is 8.78 Å². The zero-order valence-electron chi connectivity index (χ0n) is 14.2. The number of rotatable bonds is 2. The number of halogens is 2. The van der Waals surface area contributed by atoms with Crippen LogP contribution in [0.1, 0.15) is 20.8 Å². The molecule has 1 aromatic heterocycles. The molecule has 0 unspecified atom stereocenters. The average molecular weight is 330 g/mol. The number of hydrogen-bond donors (Lipinski definition) is 0. The van der Waals surface area contributed by atoms with Crippen LogP contribution in [0.2, 0.25) is 0 Å². The van der Waals surface area contributed by atoms with E-state index in [1.807, 2.05) is 6.07 Å². The van der Waals surface area contributed by atoms with Gasteiger partial charge in [0, 0.05) is 25.2 Å². The van der Waals surface area contributed by atoms with Gasteiger partial charge in [-0.25, -0.2) is 13.6 Å². The first-order chi connectivity index (χ1) is 11.2. The zero-order valence-corrected chi connectivity index (χ0v) is 14.2. The van der Waals surface area contributed by atoms with Crippen molar-refractivity contribution in [2.24, 2.45) is 12.5 Å². The van der Waals surface area contributed by atoms with Crippen LogP contribution in [-0.2, 0) is 13.6 Å². The van der Waals surface area contributed by atoms with Gasteiger partial charge in [-0.2, -0.15) is 0 Å². The zero-order chi connectivity index (χ0) is 17.6. The molecule has 0 saturated heterocycles. The molecule has 0 aliphatic carbocycles. The van der Waals surface area contributed by atoms with E-state index in [-0.39, 0.29) is 11.1 Å². The van der Waals surface area contributed by atoms with Crippen molar-refractivity contribution < 1.29 is 8.78 Å². The van der Waals surface area contributed by atoms with Gasteiger partial charge in [-0.3, -0.25) is 9.13 Å². The van der Waals surface area contributed by atoms with E-state index in [0.29, 0.717) is 17.7 Å². The summed E-state index contributed by atoms with van der Waals surface area (Å²) < 4.78 is 30.4. The number of hydrogen-bond acceptors (Lipinski definition) is 1. The Morgan fingerprint density at radius 1 is 1.00 bits per heavy atom. The number of aromatic nitrogens is 2. The quantitative estimate of drug-likeness (QED) is 0.687. The molecule has 3 rings (SSSR count). The Bertz CT molecular complexity index is 977. The minimum atomic E-state index is -0.617. The predicted molar refractivity (Wildman–Crippen MR) is 92.0 cm³/mol. The first-order valence-corrected chi connectivity index (χ1v) is 7.82. The summed E-state index contributed by atoms with van der Waals surface area (Å²) in [7, 11) is 1.70. The normalized spacial score (nSPS) is 12.1. The fourth-order valence-corrected chi connectivity index (χ4v) is 2.93. The van der Waals surface area contributed by atoms with Crippen molar-refractivity contribution >= 4 is 11.0 Å². The van der Waals surface area contributed by atoms with E-state index in [0.717, 1.165) is 17.1 Å². The number of benzene rings is 2. The summed E-state index contributed by atoms with van der Waals surface area (Å²) in [6, 6.07) is 8.86. The highest BCUT2D eigenvalue weighted by molar-refractivity contribution is 5.82. The molecule has 1 heterocycles. The van der Waals surface area contributed by atoms with Gasteiger partial charge in [0.1, 0.15) is 11.6 Å². The van der Waals surface area contributed by atoms with Crippen molar-refractivity contribution in [1.82, 2.24) is 9.13 Å². The molecular formula is C19H20F2N2O. The SMILES string of the molecule is Cn1c(=O)n(CC(C)(C)C)c2ccc(-c3ccc(F)cc3F)cc21. The molecule has 0 bridgehead atoms. The standard InChI is InChI=1S/C19H20F2N2O/c1-19(2,3)11-23-16-8-5-12(9-17(16)22(4)18(23)24)14-7-6-13(20)10-15(14)21/h5-10H,11H2,1-4H3. The third-order valence-electron chi connectivity index (χ3n) is 4.02. The van der Waals surface area contributed by atoms with E-state index < -0.39 is 11.6 Å². The molecule has 5 heteroatoms. The lowest BCUT2D eigenvalue weighted by atomic mass is 9.97. The van der Waals surface area contributed by atoms with Gasteiger partial charge in [0.2, 0.25) is 0 Å². The monoisotopic (exact) mass is 330 g/mol. The van der Waals surface area contributed by atoms with Gasteiger partial charge in [0.05, 0.1) is 11.0 Å². The van der Waals surface area contributed by atoms with Crippen molar-refractivity contribution in [1.29, 1.82) is 0 Å². The molecule has 3 aromatic rings. The molecule has 0 saturated carbocycles. The highest BCUT2D eigenvalue weighted by atomic mass is 19.1. The molecule has 0 radical (unpaired) electrons. The molecule has 0 atom stereocenters. The highest BCUT2D eigenvalue weighted by Gasteiger charge is 2.18. The topological polar surface area (TPSA) is 26.9 Å². The average Bonchev–Trinajstić information content (AvgIpc) is 2.71. The Balaban J connectivity index is 2.19. The van der Waals surface area contributed by atoms with E-state index >= 15 is 0 Å². The maximum absolute atomic E-state index is 14.0. The molecule has 0 aliphatic heterocycles. The Morgan fingerprint density at radius 2 is 1.71 bits per heavy atom. The van der Waals surface area contributed by atoms with Gasteiger partial charge >= 0.3 is 5.69 Å². The maximum atomic E-state index is 14.0. The van der Waals surface area contributed by atoms with E-state index in [2.05, 4.69) is 20.8 Å². The van der Waals surface area contributed by atoms with Crippen LogP contribution in [0, 0.1) is 17.0 Å². The van der Waals surface area contributed by atoms with E-state index in [9.17, 15) is 13.6 Å². The van der Waals surface area contributed by atoms with Gasteiger partial charge in [-0.1, -0.05) is 26.8 Å². The van der Waals surface area contributed by atoms with Crippen LogP contribution in [0.5, 0.6) is 0 Å². The number of fused-ring (bicyclic) bond motifs is 1. The highest BCUT2D eigenvalue weighted by Crippen LogP contribution is 2.27. The van der Waals surface area contributed by atoms with Crippen molar-refractivity contribution in [3.8, 4) is 11.1 Å². The van der Waals surface area contributed by atoms with Gasteiger partial charge < -0.3 is 0 Å². The Morgan fingerprint density at radius 3 is 2.33 bits per heavy atom. The first kappa shape index (κ1) is 16.4. The minimum Gasteiger partial charge on any atom is -0.295 e. The minimum absolute atomic E-state index is 0.0418. The summed E-state index contributed by atoms with van der Waals surface area (Å²) in [4.78, 5) is 12.5.